The molecule has 0 heterocycles. The fourth-order valence-electron chi connectivity index (χ4n) is 3.40. The van der Waals surface area contributed by atoms with Crippen molar-refractivity contribution in [3.05, 3.63) is 0 Å². The molecule has 114 valence electrons. The van der Waals surface area contributed by atoms with Crippen LogP contribution in [0.15, 0.2) is 0 Å². The minimum Gasteiger partial charge on any atom is -0.481 e. The molecule has 2 rings (SSSR count). The SMILES string of the molecule is COC1(CC(=O)NCC2CCCCC2C(=O)O)CCC1. The number of methoxy groups -OCH3 is 1. The van der Waals surface area contributed by atoms with E-state index >= 15 is 0 Å². The van der Waals surface area contributed by atoms with E-state index in [0.717, 1.165) is 44.9 Å². The number of aliphatic carboxylic acids is 1. The van der Waals surface area contributed by atoms with Gasteiger partial charge in [-0.25, -0.2) is 0 Å². The van der Waals surface area contributed by atoms with Gasteiger partial charge in [0.1, 0.15) is 0 Å². The Morgan fingerprint density at radius 1 is 1.25 bits per heavy atom. The van der Waals surface area contributed by atoms with E-state index in [9.17, 15) is 14.7 Å². The van der Waals surface area contributed by atoms with E-state index in [2.05, 4.69) is 5.32 Å². The number of carboxylic acids is 1. The molecule has 2 fully saturated rings. The van der Waals surface area contributed by atoms with Crippen LogP contribution in [0.3, 0.4) is 0 Å². The first-order chi connectivity index (χ1) is 9.56. The summed E-state index contributed by atoms with van der Waals surface area (Å²) in [4.78, 5) is 23.2. The van der Waals surface area contributed by atoms with Crippen LogP contribution in [0, 0.1) is 11.8 Å². The third-order valence-corrected chi connectivity index (χ3v) is 4.97. The van der Waals surface area contributed by atoms with Crippen molar-refractivity contribution in [1.29, 1.82) is 0 Å². The summed E-state index contributed by atoms with van der Waals surface area (Å²) < 4.78 is 5.44. The second-order valence-corrected chi connectivity index (χ2v) is 6.21. The van der Waals surface area contributed by atoms with Crippen molar-refractivity contribution in [3.63, 3.8) is 0 Å². The topological polar surface area (TPSA) is 75.6 Å². The first-order valence-corrected chi connectivity index (χ1v) is 7.61. The van der Waals surface area contributed by atoms with Crippen molar-refractivity contribution in [2.24, 2.45) is 11.8 Å². The molecule has 20 heavy (non-hydrogen) atoms. The standard InChI is InChI=1S/C15H25NO4/c1-20-15(7-4-8-15)9-13(17)16-10-11-5-2-3-6-12(11)14(18)19/h11-12H,2-10H2,1H3,(H,16,17)(H,18,19). The second kappa shape index (κ2) is 6.57. The summed E-state index contributed by atoms with van der Waals surface area (Å²) >= 11 is 0. The number of carboxylic acid groups (broad SMARTS) is 1. The van der Waals surface area contributed by atoms with Gasteiger partial charge in [-0.2, -0.15) is 0 Å². The molecule has 2 saturated carbocycles. The molecule has 0 aromatic carbocycles. The first-order valence-electron chi connectivity index (χ1n) is 7.61. The van der Waals surface area contributed by atoms with Gasteiger partial charge < -0.3 is 15.2 Å². The molecule has 0 aliphatic heterocycles. The van der Waals surface area contributed by atoms with Crippen LogP contribution in [0.4, 0.5) is 0 Å². The Labute approximate surface area is 120 Å². The van der Waals surface area contributed by atoms with E-state index in [1.165, 1.54) is 0 Å². The Morgan fingerprint density at radius 2 is 1.95 bits per heavy atom. The van der Waals surface area contributed by atoms with Crippen molar-refractivity contribution in [1.82, 2.24) is 5.32 Å². The smallest absolute Gasteiger partial charge is 0.306 e. The van der Waals surface area contributed by atoms with Gasteiger partial charge in [-0.05, 0) is 38.0 Å². The third kappa shape index (κ3) is 3.51. The lowest BCUT2D eigenvalue weighted by Crippen LogP contribution is -2.45. The maximum atomic E-state index is 12.0. The zero-order chi connectivity index (χ0) is 14.6. The average molecular weight is 283 g/mol. The summed E-state index contributed by atoms with van der Waals surface area (Å²) in [5.74, 6) is -0.966. The van der Waals surface area contributed by atoms with Crippen molar-refractivity contribution in [3.8, 4) is 0 Å². The van der Waals surface area contributed by atoms with Crippen LogP contribution < -0.4 is 5.32 Å². The Morgan fingerprint density at radius 3 is 2.50 bits per heavy atom. The highest BCUT2D eigenvalue weighted by molar-refractivity contribution is 5.77. The maximum absolute atomic E-state index is 12.0. The Kier molecular flexibility index (Phi) is 5.02. The van der Waals surface area contributed by atoms with E-state index in [4.69, 9.17) is 4.74 Å². The zero-order valence-corrected chi connectivity index (χ0v) is 12.2. The molecule has 0 saturated heterocycles. The van der Waals surface area contributed by atoms with Crippen molar-refractivity contribution < 1.29 is 19.4 Å². The van der Waals surface area contributed by atoms with Crippen LogP contribution in [-0.2, 0) is 14.3 Å². The molecule has 0 spiro atoms. The summed E-state index contributed by atoms with van der Waals surface area (Å²) in [6.07, 6.45) is 7.07. The summed E-state index contributed by atoms with van der Waals surface area (Å²) in [5, 5.41) is 12.1. The monoisotopic (exact) mass is 283 g/mol. The number of nitrogens with one attached hydrogen (secondary N) is 1. The highest BCUT2D eigenvalue weighted by Crippen LogP contribution is 2.38. The van der Waals surface area contributed by atoms with Gasteiger partial charge in [-0.3, -0.25) is 9.59 Å². The van der Waals surface area contributed by atoms with Crippen molar-refractivity contribution in [2.75, 3.05) is 13.7 Å². The van der Waals surface area contributed by atoms with Gasteiger partial charge in [0.15, 0.2) is 0 Å². The largest absolute Gasteiger partial charge is 0.481 e. The second-order valence-electron chi connectivity index (χ2n) is 6.21. The lowest BCUT2D eigenvalue weighted by molar-refractivity contribution is -0.145. The van der Waals surface area contributed by atoms with E-state index in [0.29, 0.717) is 13.0 Å². The number of amides is 1. The lowest BCUT2D eigenvalue weighted by Gasteiger charge is -2.40. The molecule has 5 nitrogen and oxygen atoms in total. The van der Waals surface area contributed by atoms with Crippen LogP contribution in [0.25, 0.3) is 0 Å². The fourth-order valence-corrected chi connectivity index (χ4v) is 3.40. The maximum Gasteiger partial charge on any atom is 0.306 e. The zero-order valence-electron chi connectivity index (χ0n) is 12.2. The Bertz CT molecular complexity index is 359. The summed E-state index contributed by atoms with van der Waals surface area (Å²) in [7, 11) is 1.66. The van der Waals surface area contributed by atoms with Gasteiger partial charge in [0.2, 0.25) is 5.91 Å². The molecule has 2 aliphatic carbocycles. The van der Waals surface area contributed by atoms with Gasteiger partial charge in [0, 0.05) is 13.7 Å². The van der Waals surface area contributed by atoms with Gasteiger partial charge >= 0.3 is 5.97 Å². The Balaban J connectivity index is 1.78. The highest BCUT2D eigenvalue weighted by Gasteiger charge is 2.39. The first kappa shape index (κ1) is 15.3. The number of carbonyl (C=O) groups excluding carboxylic acids is 1. The molecular weight excluding hydrogens is 258 g/mol. The molecule has 1 amide bonds. The van der Waals surface area contributed by atoms with Gasteiger partial charge in [-0.15, -0.1) is 0 Å². The summed E-state index contributed by atoms with van der Waals surface area (Å²) in [6, 6.07) is 0. The van der Waals surface area contributed by atoms with Crippen molar-refractivity contribution >= 4 is 11.9 Å². The molecule has 2 aliphatic rings. The minimum absolute atomic E-state index is 0.0127. The molecular formula is C15H25NO4. The number of hydrogen-bond donors (Lipinski definition) is 2. The van der Waals surface area contributed by atoms with Crippen molar-refractivity contribution in [2.45, 2.75) is 57.0 Å². The molecule has 0 aromatic heterocycles. The molecule has 0 radical (unpaired) electrons. The normalized spacial score (nSPS) is 28.4. The molecule has 0 bridgehead atoms. The number of hydrogen-bond acceptors (Lipinski definition) is 3. The van der Waals surface area contributed by atoms with E-state index < -0.39 is 5.97 Å². The third-order valence-electron chi connectivity index (χ3n) is 4.97. The van der Waals surface area contributed by atoms with Crippen LogP contribution >= 0.6 is 0 Å². The van der Waals surface area contributed by atoms with E-state index in [1.807, 2.05) is 0 Å². The average Bonchev–Trinajstić information content (AvgIpc) is 2.41. The quantitative estimate of drug-likeness (QED) is 0.781. The number of rotatable bonds is 6. The minimum atomic E-state index is -0.726. The molecule has 5 heteroatoms. The van der Waals surface area contributed by atoms with Crippen LogP contribution in [0.1, 0.15) is 51.4 Å². The van der Waals surface area contributed by atoms with Crippen LogP contribution in [0.5, 0.6) is 0 Å². The van der Waals surface area contributed by atoms with Crippen LogP contribution in [0.2, 0.25) is 0 Å². The highest BCUT2D eigenvalue weighted by atomic mass is 16.5. The number of carbonyl (C=O) groups is 2. The van der Waals surface area contributed by atoms with E-state index in [-0.39, 0.29) is 23.3 Å². The Hall–Kier alpha value is -1.10. The summed E-state index contributed by atoms with van der Waals surface area (Å²) in [5.41, 5.74) is -0.261. The van der Waals surface area contributed by atoms with Gasteiger partial charge in [-0.1, -0.05) is 12.8 Å². The van der Waals surface area contributed by atoms with Gasteiger partial charge in [0.25, 0.3) is 0 Å². The molecule has 2 N–H and O–H groups in total. The van der Waals surface area contributed by atoms with Gasteiger partial charge in [0.05, 0.1) is 17.9 Å². The summed E-state index contributed by atoms with van der Waals surface area (Å²) in [6.45, 7) is 0.482. The van der Waals surface area contributed by atoms with Crippen LogP contribution in [-0.4, -0.2) is 36.2 Å². The number of ether oxygens (including phenoxy) is 1. The predicted molar refractivity (Wildman–Crippen MR) is 74.3 cm³/mol. The molecule has 0 aromatic rings. The predicted octanol–water partition coefficient (Wildman–Crippen LogP) is 1.95. The van der Waals surface area contributed by atoms with E-state index in [1.54, 1.807) is 7.11 Å². The molecule has 2 atom stereocenters. The fraction of sp³-hybridized carbons (Fsp3) is 0.867. The molecule has 2 unspecified atom stereocenters. The lowest BCUT2D eigenvalue weighted by atomic mass is 9.77.